The van der Waals surface area contributed by atoms with Gasteiger partial charge in [0.2, 0.25) is 5.91 Å². The third-order valence-corrected chi connectivity index (χ3v) is 3.03. The Morgan fingerprint density at radius 1 is 1.38 bits per heavy atom. The normalized spacial score (nSPS) is 23.9. The van der Waals surface area contributed by atoms with Crippen LogP contribution in [-0.4, -0.2) is 24.2 Å². The summed E-state index contributed by atoms with van der Waals surface area (Å²) in [5, 5.41) is 2.99. The van der Waals surface area contributed by atoms with E-state index in [2.05, 4.69) is 17.4 Å². The number of hydrogen-bond donors (Lipinski definition) is 1. The molecule has 1 N–H and O–H groups in total. The zero-order valence-corrected chi connectivity index (χ0v) is 9.69. The minimum absolute atomic E-state index is 0.0275. The van der Waals surface area contributed by atoms with E-state index >= 15 is 0 Å². The molecule has 86 valence electrons. The summed E-state index contributed by atoms with van der Waals surface area (Å²) in [5.74, 6) is -0.0275. The summed E-state index contributed by atoms with van der Waals surface area (Å²) in [5.41, 5.74) is 0.912. The van der Waals surface area contributed by atoms with Crippen LogP contribution in [0.4, 0.5) is 0 Å². The van der Waals surface area contributed by atoms with Crippen LogP contribution in [0.2, 0.25) is 0 Å². The van der Waals surface area contributed by atoms with Gasteiger partial charge in [-0.2, -0.15) is 0 Å². The molecule has 3 nitrogen and oxygen atoms in total. The summed E-state index contributed by atoms with van der Waals surface area (Å²) in [4.78, 5) is 11.3. The second-order valence-electron chi connectivity index (χ2n) is 4.70. The van der Waals surface area contributed by atoms with Crippen molar-refractivity contribution in [1.82, 2.24) is 5.32 Å². The average Bonchev–Trinajstić information content (AvgIpc) is 2.26. The first-order valence-electron chi connectivity index (χ1n) is 5.55. The van der Waals surface area contributed by atoms with E-state index < -0.39 is 0 Å². The molecule has 0 spiro atoms. The van der Waals surface area contributed by atoms with Crippen LogP contribution in [0.15, 0.2) is 30.3 Å². The Bertz CT molecular complexity index is 373. The number of hydrogen-bond acceptors (Lipinski definition) is 2. The van der Waals surface area contributed by atoms with Crippen LogP contribution < -0.4 is 5.32 Å². The van der Waals surface area contributed by atoms with Crippen LogP contribution in [0.3, 0.4) is 0 Å². The first-order chi connectivity index (χ1) is 7.58. The quantitative estimate of drug-likeness (QED) is 0.819. The molecule has 0 saturated carbocycles. The molecule has 1 aliphatic rings. The van der Waals surface area contributed by atoms with Gasteiger partial charge in [-0.3, -0.25) is 4.79 Å². The van der Waals surface area contributed by atoms with Crippen molar-refractivity contribution >= 4 is 5.91 Å². The Kier molecular flexibility index (Phi) is 2.97. The first-order valence-corrected chi connectivity index (χ1v) is 5.55. The van der Waals surface area contributed by atoms with Crippen molar-refractivity contribution in [1.29, 1.82) is 0 Å². The zero-order valence-electron chi connectivity index (χ0n) is 9.69. The molecule has 1 saturated heterocycles. The maximum absolute atomic E-state index is 11.3. The molecule has 0 bridgehead atoms. The number of carbonyl (C=O) groups excluding carboxylic acids is 1. The van der Waals surface area contributed by atoms with Gasteiger partial charge in [0.05, 0.1) is 11.6 Å². The van der Waals surface area contributed by atoms with Gasteiger partial charge in [0.25, 0.3) is 0 Å². The number of ether oxygens (including phenoxy) is 1. The molecule has 1 heterocycles. The molecule has 1 aromatic carbocycles. The fourth-order valence-corrected chi connectivity index (χ4v) is 1.91. The predicted molar refractivity (Wildman–Crippen MR) is 62.1 cm³/mol. The number of amides is 1. The minimum Gasteiger partial charge on any atom is -0.364 e. The van der Waals surface area contributed by atoms with E-state index in [4.69, 9.17) is 4.74 Å². The van der Waals surface area contributed by atoms with Crippen LogP contribution >= 0.6 is 0 Å². The molecule has 0 aromatic heterocycles. The highest BCUT2D eigenvalue weighted by molar-refractivity contribution is 5.78. The molecule has 1 aromatic rings. The summed E-state index contributed by atoms with van der Waals surface area (Å²) >= 11 is 0. The molecular weight excluding hydrogens is 202 g/mol. The van der Waals surface area contributed by atoms with Crippen LogP contribution in [0.25, 0.3) is 0 Å². The number of benzene rings is 1. The number of rotatable bonds is 2. The molecule has 1 amide bonds. The van der Waals surface area contributed by atoms with Gasteiger partial charge < -0.3 is 10.1 Å². The van der Waals surface area contributed by atoms with Crippen molar-refractivity contribution in [2.45, 2.75) is 31.9 Å². The van der Waals surface area contributed by atoms with Gasteiger partial charge in [0, 0.05) is 0 Å². The standard InChI is InChI=1S/C13H17NO2/c1-13(2)11(14-12(15)9-16-13)8-10-6-4-3-5-7-10/h3-7,11H,8-9H2,1-2H3,(H,14,15)/t11-/m0/s1. The summed E-state index contributed by atoms with van der Waals surface area (Å²) in [6.07, 6.45) is 0.805. The Morgan fingerprint density at radius 3 is 2.75 bits per heavy atom. The molecule has 0 aliphatic carbocycles. The number of carbonyl (C=O) groups is 1. The van der Waals surface area contributed by atoms with Crippen molar-refractivity contribution in [2.24, 2.45) is 0 Å². The Hall–Kier alpha value is -1.35. The van der Waals surface area contributed by atoms with Gasteiger partial charge in [0.1, 0.15) is 6.61 Å². The van der Waals surface area contributed by atoms with Crippen LogP contribution in [-0.2, 0) is 16.0 Å². The van der Waals surface area contributed by atoms with Crippen LogP contribution in [0, 0.1) is 0 Å². The highest BCUT2D eigenvalue weighted by Gasteiger charge is 2.36. The lowest BCUT2D eigenvalue weighted by Crippen LogP contribution is -2.58. The number of morpholine rings is 1. The molecule has 1 fully saturated rings. The summed E-state index contributed by atoms with van der Waals surface area (Å²) in [6, 6.07) is 10.2. The van der Waals surface area contributed by atoms with E-state index in [9.17, 15) is 4.79 Å². The van der Waals surface area contributed by atoms with Crippen molar-refractivity contribution in [3.63, 3.8) is 0 Å². The Morgan fingerprint density at radius 2 is 2.06 bits per heavy atom. The predicted octanol–water partition coefficient (Wildman–Crippen LogP) is 1.52. The van der Waals surface area contributed by atoms with E-state index in [1.165, 1.54) is 5.56 Å². The minimum atomic E-state index is -0.302. The van der Waals surface area contributed by atoms with Gasteiger partial charge in [-0.05, 0) is 25.8 Å². The lowest BCUT2D eigenvalue weighted by atomic mass is 9.91. The Labute approximate surface area is 95.8 Å². The molecule has 0 radical (unpaired) electrons. The second kappa shape index (κ2) is 4.26. The highest BCUT2D eigenvalue weighted by Crippen LogP contribution is 2.21. The van der Waals surface area contributed by atoms with Crippen molar-refractivity contribution in [3.05, 3.63) is 35.9 Å². The van der Waals surface area contributed by atoms with Crippen LogP contribution in [0.1, 0.15) is 19.4 Å². The van der Waals surface area contributed by atoms with E-state index in [0.717, 1.165) is 6.42 Å². The fraction of sp³-hybridized carbons (Fsp3) is 0.462. The second-order valence-corrected chi connectivity index (χ2v) is 4.70. The van der Waals surface area contributed by atoms with Crippen molar-refractivity contribution < 1.29 is 9.53 Å². The van der Waals surface area contributed by atoms with Gasteiger partial charge in [0.15, 0.2) is 0 Å². The van der Waals surface area contributed by atoms with Crippen molar-refractivity contribution in [3.8, 4) is 0 Å². The summed E-state index contributed by atoms with van der Waals surface area (Å²) < 4.78 is 5.55. The SMILES string of the molecule is CC1(C)OCC(=O)N[C@H]1Cc1ccccc1. The Balaban J connectivity index is 2.10. The lowest BCUT2D eigenvalue weighted by Gasteiger charge is -2.39. The smallest absolute Gasteiger partial charge is 0.246 e. The molecule has 3 heteroatoms. The van der Waals surface area contributed by atoms with E-state index in [1.54, 1.807) is 0 Å². The molecule has 0 unspecified atom stereocenters. The van der Waals surface area contributed by atoms with Gasteiger partial charge in [-0.1, -0.05) is 30.3 Å². The first kappa shape index (κ1) is 11.1. The highest BCUT2D eigenvalue weighted by atomic mass is 16.5. The monoisotopic (exact) mass is 219 g/mol. The topological polar surface area (TPSA) is 38.3 Å². The van der Waals surface area contributed by atoms with E-state index in [0.29, 0.717) is 0 Å². The third kappa shape index (κ3) is 2.42. The summed E-state index contributed by atoms with van der Waals surface area (Å²) in [7, 11) is 0. The molecular formula is C13H17NO2. The average molecular weight is 219 g/mol. The maximum Gasteiger partial charge on any atom is 0.246 e. The maximum atomic E-state index is 11.3. The zero-order chi connectivity index (χ0) is 11.6. The molecule has 16 heavy (non-hydrogen) atoms. The van der Waals surface area contributed by atoms with E-state index in [1.807, 2.05) is 32.0 Å². The lowest BCUT2D eigenvalue weighted by molar-refractivity contribution is -0.146. The third-order valence-electron chi connectivity index (χ3n) is 3.03. The van der Waals surface area contributed by atoms with Gasteiger partial charge >= 0.3 is 0 Å². The largest absolute Gasteiger partial charge is 0.364 e. The van der Waals surface area contributed by atoms with Gasteiger partial charge in [-0.25, -0.2) is 0 Å². The summed E-state index contributed by atoms with van der Waals surface area (Å²) in [6.45, 7) is 4.19. The molecule has 1 aliphatic heterocycles. The number of nitrogens with one attached hydrogen (secondary N) is 1. The van der Waals surface area contributed by atoms with Crippen LogP contribution in [0.5, 0.6) is 0 Å². The fourth-order valence-electron chi connectivity index (χ4n) is 1.91. The van der Waals surface area contributed by atoms with E-state index in [-0.39, 0.29) is 24.2 Å². The molecule has 1 atom stereocenters. The van der Waals surface area contributed by atoms with Crippen molar-refractivity contribution in [2.75, 3.05) is 6.61 Å². The van der Waals surface area contributed by atoms with Gasteiger partial charge in [-0.15, -0.1) is 0 Å². The molecule has 2 rings (SSSR count).